The van der Waals surface area contributed by atoms with E-state index >= 15 is 0 Å². The summed E-state index contributed by atoms with van der Waals surface area (Å²) in [6.45, 7) is 1.07. The summed E-state index contributed by atoms with van der Waals surface area (Å²) in [5.41, 5.74) is 1.42. The predicted molar refractivity (Wildman–Crippen MR) is 103 cm³/mol. The molecule has 1 aromatic carbocycles. The fourth-order valence-electron chi connectivity index (χ4n) is 2.79. The summed E-state index contributed by atoms with van der Waals surface area (Å²) >= 11 is 3.39. The van der Waals surface area contributed by atoms with E-state index in [1.807, 2.05) is 24.3 Å². The number of aromatic nitrogens is 5. The lowest BCUT2D eigenvalue weighted by molar-refractivity contribution is 0.171. The number of hydrogen-bond donors (Lipinski definition) is 1. The number of hydrogen-bond acceptors (Lipinski definition) is 8. The molecule has 0 fully saturated rings. The Morgan fingerprint density at radius 3 is 2.82 bits per heavy atom. The molecule has 0 unspecified atom stereocenters. The van der Waals surface area contributed by atoms with E-state index in [9.17, 15) is 0 Å². The van der Waals surface area contributed by atoms with Gasteiger partial charge >= 0.3 is 6.01 Å². The van der Waals surface area contributed by atoms with E-state index in [4.69, 9.17) is 13.9 Å². The van der Waals surface area contributed by atoms with Gasteiger partial charge in [0.2, 0.25) is 0 Å². The van der Waals surface area contributed by atoms with E-state index in [-0.39, 0.29) is 6.01 Å². The van der Waals surface area contributed by atoms with Crippen LogP contribution in [-0.2, 0) is 0 Å². The molecule has 0 atom stereocenters. The molecule has 9 nitrogen and oxygen atoms in total. The van der Waals surface area contributed by atoms with Crippen LogP contribution in [0.4, 0.5) is 11.7 Å². The third kappa shape index (κ3) is 3.18. The van der Waals surface area contributed by atoms with Crippen LogP contribution >= 0.6 is 15.9 Å². The van der Waals surface area contributed by atoms with E-state index in [1.54, 1.807) is 29.3 Å². The molecule has 1 aliphatic rings. The smallest absolute Gasteiger partial charge is 0.320 e. The van der Waals surface area contributed by atoms with Crippen molar-refractivity contribution in [3.05, 3.63) is 53.4 Å². The standard InChI is InChI=1S/C18H13BrN6O3/c19-11-9-21-25(10-11)16-13(2-1-5-20-16)17-23-24-18(28-17)22-12-3-4-14-15(8-12)27-7-6-26-14/h1-5,8-10H,6-7H2,(H,22,24). The minimum absolute atomic E-state index is 0.253. The quantitative estimate of drug-likeness (QED) is 0.513. The van der Waals surface area contributed by atoms with Crippen molar-refractivity contribution in [1.29, 1.82) is 0 Å². The Morgan fingerprint density at radius 1 is 1.07 bits per heavy atom. The lowest BCUT2D eigenvalue weighted by atomic mass is 10.2. The van der Waals surface area contributed by atoms with Gasteiger partial charge in [-0.1, -0.05) is 5.10 Å². The van der Waals surface area contributed by atoms with Crippen LogP contribution in [0, 0.1) is 0 Å². The van der Waals surface area contributed by atoms with Crippen molar-refractivity contribution in [2.24, 2.45) is 0 Å². The molecule has 0 spiro atoms. The molecule has 28 heavy (non-hydrogen) atoms. The number of anilines is 2. The molecule has 10 heteroatoms. The van der Waals surface area contributed by atoms with Crippen LogP contribution in [-0.4, -0.2) is 38.2 Å². The van der Waals surface area contributed by atoms with Crippen LogP contribution in [0.3, 0.4) is 0 Å². The molecule has 1 N–H and O–H groups in total. The Hall–Kier alpha value is -3.40. The highest BCUT2D eigenvalue weighted by Crippen LogP contribution is 2.34. The number of ether oxygens (including phenoxy) is 2. The van der Waals surface area contributed by atoms with Crippen LogP contribution in [0.5, 0.6) is 11.5 Å². The SMILES string of the molecule is Brc1cnn(-c2ncccc2-c2nnc(Nc3ccc4c(c3)OCCO4)o2)c1. The van der Waals surface area contributed by atoms with E-state index in [0.717, 1.165) is 10.2 Å². The highest BCUT2D eigenvalue weighted by atomic mass is 79.9. The summed E-state index contributed by atoms with van der Waals surface area (Å²) in [6, 6.07) is 9.42. The normalized spacial score (nSPS) is 12.8. The molecule has 4 aromatic rings. The molecule has 0 bridgehead atoms. The van der Waals surface area contributed by atoms with Crippen molar-refractivity contribution < 1.29 is 13.9 Å². The first kappa shape index (κ1) is 16.8. The second kappa shape index (κ2) is 6.97. The van der Waals surface area contributed by atoms with Gasteiger partial charge in [0.05, 0.1) is 16.2 Å². The number of halogens is 1. The maximum atomic E-state index is 5.79. The lowest BCUT2D eigenvalue weighted by Crippen LogP contribution is -2.15. The Bertz CT molecular complexity index is 1140. The Labute approximate surface area is 167 Å². The third-order valence-corrected chi connectivity index (χ3v) is 4.41. The second-order valence-corrected chi connectivity index (χ2v) is 6.79. The lowest BCUT2D eigenvalue weighted by Gasteiger charge is -2.18. The molecule has 1 aliphatic heterocycles. The van der Waals surface area contributed by atoms with E-state index < -0.39 is 0 Å². The number of rotatable bonds is 4. The molecule has 5 rings (SSSR count). The van der Waals surface area contributed by atoms with Crippen LogP contribution in [0.1, 0.15) is 0 Å². The molecular formula is C18H13BrN6O3. The number of fused-ring (bicyclic) bond motifs is 1. The third-order valence-electron chi connectivity index (χ3n) is 4.00. The highest BCUT2D eigenvalue weighted by Gasteiger charge is 2.17. The average Bonchev–Trinajstić information content (AvgIpc) is 3.37. The first-order valence-corrected chi connectivity index (χ1v) is 9.22. The summed E-state index contributed by atoms with van der Waals surface area (Å²) in [4.78, 5) is 4.38. The van der Waals surface area contributed by atoms with Gasteiger partial charge in [0.25, 0.3) is 5.89 Å². The van der Waals surface area contributed by atoms with Gasteiger partial charge in [0.1, 0.15) is 13.2 Å². The first-order chi connectivity index (χ1) is 13.8. The fraction of sp³-hybridized carbons (Fsp3) is 0.111. The van der Waals surface area contributed by atoms with E-state index in [2.05, 4.69) is 41.5 Å². The number of nitrogens with one attached hydrogen (secondary N) is 1. The highest BCUT2D eigenvalue weighted by molar-refractivity contribution is 9.10. The van der Waals surface area contributed by atoms with Gasteiger partial charge in [-0.25, -0.2) is 9.67 Å². The maximum Gasteiger partial charge on any atom is 0.320 e. The molecule has 0 saturated heterocycles. The summed E-state index contributed by atoms with van der Waals surface area (Å²) < 4.78 is 19.4. The molecule has 0 radical (unpaired) electrons. The molecule has 140 valence electrons. The largest absolute Gasteiger partial charge is 0.486 e. The zero-order valence-corrected chi connectivity index (χ0v) is 16.0. The van der Waals surface area contributed by atoms with Crippen molar-refractivity contribution in [2.45, 2.75) is 0 Å². The second-order valence-electron chi connectivity index (χ2n) is 5.87. The summed E-state index contributed by atoms with van der Waals surface area (Å²) in [7, 11) is 0. The molecule has 0 saturated carbocycles. The fourth-order valence-corrected chi connectivity index (χ4v) is 3.08. The molecular weight excluding hydrogens is 428 g/mol. The van der Waals surface area contributed by atoms with Crippen LogP contribution < -0.4 is 14.8 Å². The van der Waals surface area contributed by atoms with Gasteiger partial charge < -0.3 is 19.2 Å². The topological polar surface area (TPSA) is 100 Å². The van der Waals surface area contributed by atoms with Crippen molar-refractivity contribution in [3.8, 4) is 28.8 Å². The molecule has 0 amide bonds. The van der Waals surface area contributed by atoms with Crippen molar-refractivity contribution in [1.82, 2.24) is 25.0 Å². The molecule has 3 aromatic heterocycles. The van der Waals surface area contributed by atoms with Crippen molar-refractivity contribution in [2.75, 3.05) is 18.5 Å². The van der Waals surface area contributed by atoms with Gasteiger partial charge in [0.15, 0.2) is 17.3 Å². The van der Waals surface area contributed by atoms with Gasteiger partial charge in [-0.15, -0.1) is 5.10 Å². The Kier molecular flexibility index (Phi) is 4.17. The Morgan fingerprint density at radius 2 is 1.96 bits per heavy atom. The van der Waals surface area contributed by atoms with Crippen molar-refractivity contribution >= 4 is 27.6 Å². The summed E-state index contributed by atoms with van der Waals surface area (Å²) in [5.74, 6) is 2.31. The maximum absolute atomic E-state index is 5.79. The van der Waals surface area contributed by atoms with Crippen LogP contribution in [0.2, 0.25) is 0 Å². The average molecular weight is 441 g/mol. The minimum atomic E-state index is 0.253. The molecule has 4 heterocycles. The number of pyridine rings is 1. The van der Waals surface area contributed by atoms with Crippen LogP contribution in [0.25, 0.3) is 17.3 Å². The van der Waals surface area contributed by atoms with Gasteiger partial charge in [-0.2, -0.15) is 5.10 Å². The van der Waals surface area contributed by atoms with Crippen LogP contribution in [0.15, 0.2) is 57.8 Å². The minimum Gasteiger partial charge on any atom is -0.486 e. The summed E-state index contributed by atoms with van der Waals surface area (Å²) in [5, 5.41) is 15.6. The van der Waals surface area contributed by atoms with Gasteiger partial charge in [0, 0.05) is 24.1 Å². The monoisotopic (exact) mass is 440 g/mol. The first-order valence-electron chi connectivity index (χ1n) is 8.42. The van der Waals surface area contributed by atoms with E-state index in [0.29, 0.717) is 42.0 Å². The molecule has 0 aliphatic carbocycles. The number of benzene rings is 1. The van der Waals surface area contributed by atoms with E-state index in [1.165, 1.54) is 0 Å². The summed E-state index contributed by atoms with van der Waals surface area (Å²) in [6.07, 6.45) is 5.16. The van der Waals surface area contributed by atoms with Crippen molar-refractivity contribution in [3.63, 3.8) is 0 Å². The van der Waals surface area contributed by atoms with Gasteiger partial charge in [-0.05, 0) is 40.2 Å². The zero-order valence-electron chi connectivity index (χ0n) is 14.4. The Balaban J connectivity index is 1.43. The number of nitrogens with zero attached hydrogens (tertiary/aromatic N) is 5. The predicted octanol–water partition coefficient (Wildman–Crippen LogP) is 3.59. The zero-order chi connectivity index (χ0) is 18.9. The van der Waals surface area contributed by atoms with Gasteiger partial charge in [-0.3, -0.25) is 0 Å².